The lowest BCUT2D eigenvalue weighted by molar-refractivity contribution is -0.176. The molecule has 0 rings (SSSR count). The molecule has 4 heteroatoms. The van der Waals surface area contributed by atoms with Crippen molar-refractivity contribution in [2.24, 2.45) is 0 Å². The first kappa shape index (κ1) is 10.4. The van der Waals surface area contributed by atoms with Crippen LogP contribution in [-0.2, 0) is 9.53 Å². The molecule has 50 valence electrons. The molecule has 8 heavy (non-hydrogen) atoms. The third kappa shape index (κ3) is 18.2. The lowest BCUT2D eigenvalue weighted by Crippen LogP contribution is -1.95. The largest absolute Gasteiger partial charge is 0.466 e. The molecule has 0 radical (unpaired) electrons. The Kier molecular flexibility index (Phi) is 12.5. The Morgan fingerprint density at radius 3 is 2.00 bits per heavy atom. The van der Waals surface area contributed by atoms with Crippen LogP contribution < -0.4 is 0 Å². The third-order valence-corrected chi connectivity index (χ3v) is 0.348. The van der Waals surface area contributed by atoms with Gasteiger partial charge in [0.1, 0.15) is 0 Å². The van der Waals surface area contributed by atoms with Crippen LogP contribution in [0, 0.1) is 0 Å². The van der Waals surface area contributed by atoms with Crippen LogP contribution in [-0.4, -0.2) is 23.1 Å². The first-order chi connectivity index (χ1) is 3.77. The Bertz CT molecular complexity index is 52.0. The molecule has 0 bridgehead atoms. The average molecular weight is 122 g/mol. The van der Waals surface area contributed by atoms with Crippen molar-refractivity contribution in [2.75, 3.05) is 6.61 Å². The Hall–Kier alpha value is -0.610. The zero-order valence-electron chi connectivity index (χ0n) is 4.92. The smallest absolute Gasteiger partial charge is 0.302 e. The fourth-order valence-corrected chi connectivity index (χ4v) is 0.203. The maximum Gasteiger partial charge on any atom is 0.302 e. The molecule has 0 aromatic carbocycles. The maximum absolute atomic E-state index is 9.82. The van der Waals surface area contributed by atoms with E-state index in [-0.39, 0.29) is 5.97 Å². The molecule has 0 atom stereocenters. The summed E-state index contributed by atoms with van der Waals surface area (Å²) in [6.45, 7) is 3.65. The maximum atomic E-state index is 9.82. The molecule has 2 N–H and O–H groups in total. The highest BCUT2D eigenvalue weighted by Gasteiger charge is 1.81. The minimum atomic E-state index is -0.211. The Morgan fingerprint density at radius 2 is 2.00 bits per heavy atom. The lowest BCUT2D eigenvalue weighted by Gasteiger charge is -1.89. The number of carbonyl (C=O) groups is 1. The van der Waals surface area contributed by atoms with Crippen molar-refractivity contribution in [1.29, 1.82) is 0 Å². The van der Waals surface area contributed by atoms with Gasteiger partial charge >= 0.3 is 5.97 Å². The number of hydrogen-bond donors (Lipinski definition) is 2. The standard InChI is InChI=1S/C4H8O2.H2O2/c1-3-6-4(2)5;1-2/h3H2,1-2H3;1-2H. The van der Waals surface area contributed by atoms with Crippen LogP contribution in [0.4, 0.5) is 0 Å². The highest BCUT2D eigenvalue weighted by atomic mass is 17.0. The predicted octanol–water partition coefficient (Wildman–Crippen LogP) is 0.587. The number of carbonyl (C=O) groups excluding carboxylic acids is 1. The fourth-order valence-electron chi connectivity index (χ4n) is 0.203. The zero-order valence-corrected chi connectivity index (χ0v) is 4.92. The van der Waals surface area contributed by atoms with Gasteiger partial charge < -0.3 is 4.74 Å². The number of rotatable bonds is 1. The molecule has 0 aliphatic carbocycles. The van der Waals surface area contributed by atoms with Crippen LogP contribution in [0.3, 0.4) is 0 Å². The first-order valence-electron chi connectivity index (χ1n) is 2.10. The Morgan fingerprint density at radius 1 is 1.62 bits per heavy atom. The van der Waals surface area contributed by atoms with Crippen LogP contribution >= 0.6 is 0 Å². The van der Waals surface area contributed by atoms with E-state index in [1.54, 1.807) is 6.92 Å². The van der Waals surface area contributed by atoms with Crippen LogP contribution in [0.2, 0.25) is 0 Å². The van der Waals surface area contributed by atoms with E-state index in [0.717, 1.165) is 0 Å². The summed E-state index contributed by atoms with van der Waals surface area (Å²) < 4.78 is 4.40. The quantitative estimate of drug-likeness (QED) is 0.303. The van der Waals surface area contributed by atoms with Crippen molar-refractivity contribution in [3.8, 4) is 0 Å². The van der Waals surface area contributed by atoms with Gasteiger partial charge in [-0.05, 0) is 6.92 Å². The van der Waals surface area contributed by atoms with Gasteiger partial charge in [-0.25, -0.2) is 0 Å². The molecule has 0 aromatic heterocycles. The molecule has 0 spiro atoms. The SMILES string of the molecule is CCOC(C)=O.OO. The lowest BCUT2D eigenvalue weighted by atomic mass is 10.8. The van der Waals surface area contributed by atoms with Crippen LogP contribution in [0.25, 0.3) is 0 Å². The van der Waals surface area contributed by atoms with Gasteiger partial charge in [0.05, 0.1) is 6.61 Å². The molecule has 0 aliphatic heterocycles. The summed E-state index contributed by atoms with van der Waals surface area (Å²) >= 11 is 0. The molecule has 0 fully saturated rings. The summed E-state index contributed by atoms with van der Waals surface area (Å²) in [4.78, 5) is 9.82. The summed E-state index contributed by atoms with van der Waals surface area (Å²) in [5.41, 5.74) is 0. The van der Waals surface area contributed by atoms with Crippen molar-refractivity contribution < 1.29 is 20.0 Å². The Balaban J connectivity index is 0. The van der Waals surface area contributed by atoms with E-state index >= 15 is 0 Å². The summed E-state index contributed by atoms with van der Waals surface area (Å²) in [5, 5.41) is 12.0. The predicted molar refractivity (Wildman–Crippen MR) is 27.6 cm³/mol. The average Bonchev–Trinajstić information content (AvgIpc) is 1.72. The van der Waals surface area contributed by atoms with E-state index in [9.17, 15) is 4.79 Å². The molecule has 0 aliphatic rings. The second-order valence-corrected chi connectivity index (χ2v) is 0.925. The summed E-state index contributed by atoms with van der Waals surface area (Å²) in [5.74, 6) is -0.211. The second kappa shape index (κ2) is 9.63. The van der Waals surface area contributed by atoms with Crippen molar-refractivity contribution in [1.82, 2.24) is 0 Å². The molecular formula is C4H10O4. The van der Waals surface area contributed by atoms with Gasteiger partial charge in [0, 0.05) is 6.92 Å². The normalized spacial score (nSPS) is 6.50. The molecular weight excluding hydrogens is 112 g/mol. The summed E-state index contributed by atoms with van der Waals surface area (Å²) in [6.07, 6.45) is 0. The van der Waals surface area contributed by atoms with Crippen LogP contribution in [0.5, 0.6) is 0 Å². The summed E-state index contributed by atoms with van der Waals surface area (Å²) in [7, 11) is 0. The molecule has 4 nitrogen and oxygen atoms in total. The van der Waals surface area contributed by atoms with Crippen molar-refractivity contribution in [2.45, 2.75) is 13.8 Å². The van der Waals surface area contributed by atoms with Gasteiger partial charge in [0.2, 0.25) is 0 Å². The third-order valence-electron chi connectivity index (χ3n) is 0.348. The van der Waals surface area contributed by atoms with E-state index in [4.69, 9.17) is 10.5 Å². The van der Waals surface area contributed by atoms with Gasteiger partial charge in [-0.15, -0.1) is 0 Å². The first-order valence-corrected chi connectivity index (χ1v) is 2.10. The van der Waals surface area contributed by atoms with E-state index in [1.165, 1.54) is 6.92 Å². The Labute approximate surface area is 47.6 Å². The van der Waals surface area contributed by atoms with Gasteiger partial charge in [-0.1, -0.05) is 0 Å². The zero-order chi connectivity index (χ0) is 6.99. The van der Waals surface area contributed by atoms with Crippen molar-refractivity contribution in [3.63, 3.8) is 0 Å². The molecule has 0 heterocycles. The van der Waals surface area contributed by atoms with Crippen molar-refractivity contribution >= 4 is 5.97 Å². The number of hydrogen-bond acceptors (Lipinski definition) is 4. The highest BCUT2D eigenvalue weighted by Crippen LogP contribution is 1.69. The highest BCUT2D eigenvalue weighted by molar-refractivity contribution is 5.65. The van der Waals surface area contributed by atoms with Crippen LogP contribution in [0.1, 0.15) is 13.8 Å². The molecule has 0 saturated carbocycles. The van der Waals surface area contributed by atoms with E-state index in [1.807, 2.05) is 0 Å². The molecule has 0 aromatic rings. The minimum Gasteiger partial charge on any atom is -0.466 e. The van der Waals surface area contributed by atoms with E-state index in [2.05, 4.69) is 4.74 Å². The van der Waals surface area contributed by atoms with Crippen molar-refractivity contribution in [3.05, 3.63) is 0 Å². The van der Waals surface area contributed by atoms with Gasteiger partial charge in [-0.3, -0.25) is 15.3 Å². The molecule has 0 saturated heterocycles. The van der Waals surface area contributed by atoms with Gasteiger partial charge in [0.25, 0.3) is 0 Å². The van der Waals surface area contributed by atoms with Gasteiger partial charge in [-0.2, -0.15) is 0 Å². The molecule has 0 unspecified atom stereocenters. The van der Waals surface area contributed by atoms with Gasteiger partial charge in [0.15, 0.2) is 0 Å². The van der Waals surface area contributed by atoms with E-state index in [0.29, 0.717) is 6.61 Å². The summed E-state index contributed by atoms with van der Waals surface area (Å²) in [6, 6.07) is 0. The van der Waals surface area contributed by atoms with Crippen LogP contribution in [0.15, 0.2) is 0 Å². The number of esters is 1. The fraction of sp³-hybridized carbons (Fsp3) is 0.750. The second-order valence-electron chi connectivity index (χ2n) is 0.925. The number of ether oxygens (including phenoxy) is 1. The molecule has 0 amide bonds. The topological polar surface area (TPSA) is 66.8 Å². The van der Waals surface area contributed by atoms with E-state index < -0.39 is 0 Å². The monoisotopic (exact) mass is 122 g/mol. The minimum absolute atomic E-state index is 0.211.